The molecule has 2 fully saturated rings. The Morgan fingerprint density at radius 1 is 1.21 bits per heavy atom. The first kappa shape index (κ1) is 15.2. The van der Waals surface area contributed by atoms with Crippen molar-refractivity contribution in [3.8, 4) is 0 Å². The van der Waals surface area contributed by atoms with Crippen LogP contribution in [0.1, 0.15) is 64.7 Å². The van der Waals surface area contributed by atoms with Crippen molar-refractivity contribution < 1.29 is 9.90 Å². The molecular formula is C15H27NO2S. The molecule has 3 nitrogen and oxygen atoms in total. The second kappa shape index (κ2) is 6.98. The molecular weight excluding hydrogens is 258 g/mol. The largest absolute Gasteiger partial charge is 0.480 e. The Morgan fingerprint density at radius 2 is 1.89 bits per heavy atom. The van der Waals surface area contributed by atoms with Gasteiger partial charge in [0.1, 0.15) is 5.54 Å². The normalized spacial score (nSPS) is 33.2. The molecule has 0 aromatic carbocycles. The van der Waals surface area contributed by atoms with E-state index in [1.807, 2.05) is 6.92 Å². The zero-order valence-electron chi connectivity index (χ0n) is 12.0. The summed E-state index contributed by atoms with van der Waals surface area (Å²) in [6, 6.07) is 0. The lowest BCUT2D eigenvalue weighted by molar-refractivity contribution is -0.146. The van der Waals surface area contributed by atoms with Crippen molar-refractivity contribution in [3.05, 3.63) is 0 Å². The number of likely N-dealkylation sites (N-methyl/N-ethyl adjacent to an activating group) is 1. The van der Waals surface area contributed by atoms with Crippen LogP contribution in [0.2, 0.25) is 0 Å². The van der Waals surface area contributed by atoms with Crippen molar-refractivity contribution in [2.45, 2.75) is 80.7 Å². The van der Waals surface area contributed by atoms with E-state index in [9.17, 15) is 9.90 Å². The summed E-state index contributed by atoms with van der Waals surface area (Å²) in [5.74, 6) is -0.650. The molecule has 0 bridgehead atoms. The predicted octanol–water partition coefficient (Wildman–Crippen LogP) is 3.43. The fourth-order valence-corrected chi connectivity index (χ4v) is 5.42. The fourth-order valence-electron chi connectivity index (χ4n) is 3.58. The molecule has 0 amide bonds. The lowest BCUT2D eigenvalue weighted by Gasteiger charge is -2.39. The molecule has 2 atom stereocenters. The summed E-state index contributed by atoms with van der Waals surface area (Å²) in [4.78, 5) is 11.6. The van der Waals surface area contributed by atoms with Crippen LogP contribution >= 0.6 is 11.8 Å². The smallest absolute Gasteiger partial charge is 0.323 e. The highest BCUT2D eigenvalue weighted by molar-refractivity contribution is 8.00. The maximum absolute atomic E-state index is 11.6. The summed E-state index contributed by atoms with van der Waals surface area (Å²) < 4.78 is 0. The van der Waals surface area contributed by atoms with Gasteiger partial charge in [-0.25, -0.2) is 0 Å². The monoisotopic (exact) mass is 285 g/mol. The van der Waals surface area contributed by atoms with Crippen LogP contribution in [0.15, 0.2) is 0 Å². The van der Waals surface area contributed by atoms with E-state index >= 15 is 0 Å². The Kier molecular flexibility index (Phi) is 5.58. The van der Waals surface area contributed by atoms with E-state index in [4.69, 9.17) is 0 Å². The first-order valence-electron chi connectivity index (χ1n) is 7.80. The first-order chi connectivity index (χ1) is 9.16. The number of thioether (sulfide) groups is 1. The van der Waals surface area contributed by atoms with Gasteiger partial charge in [0, 0.05) is 10.5 Å². The number of rotatable bonds is 5. The molecule has 4 heteroatoms. The highest BCUT2D eigenvalue weighted by Gasteiger charge is 2.42. The predicted molar refractivity (Wildman–Crippen MR) is 80.8 cm³/mol. The second-order valence-electron chi connectivity index (χ2n) is 6.03. The third-order valence-corrected chi connectivity index (χ3v) is 6.21. The van der Waals surface area contributed by atoms with Crippen molar-refractivity contribution in [2.75, 3.05) is 6.54 Å². The second-order valence-corrected chi connectivity index (χ2v) is 7.64. The fraction of sp³-hybridized carbons (Fsp3) is 0.933. The Morgan fingerprint density at radius 3 is 2.53 bits per heavy atom. The number of carbonyl (C=O) groups is 1. The van der Waals surface area contributed by atoms with Gasteiger partial charge in [0.15, 0.2) is 0 Å². The van der Waals surface area contributed by atoms with Crippen LogP contribution in [0.4, 0.5) is 0 Å². The lowest BCUT2D eigenvalue weighted by atomic mass is 9.81. The molecule has 0 heterocycles. The molecule has 2 aliphatic carbocycles. The molecule has 0 spiro atoms. The molecule has 0 radical (unpaired) electrons. The Labute approximate surface area is 120 Å². The highest BCUT2D eigenvalue weighted by atomic mass is 32.2. The summed E-state index contributed by atoms with van der Waals surface area (Å²) in [7, 11) is 0. The number of aliphatic carboxylic acids is 1. The average molecular weight is 285 g/mol. The molecule has 2 unspecified atom stereocenters. The first-order valence-corrected chi connectivity index (χ1v) is 8.74. The lowest BCUT2D eigenvalue weighted by Crippen LogP contribution is -2.55. The van der Waals surface area contributed by atoms with E-state index in [1.165, 1.54) is 38.5 Å². The van der Waals surface area contributed by atoms with Gasteiger partial charge in [0.2, 0.25) is 0 Å². The molecule has 2 rings (SSSR count). The van der Waals surface area contributed by atoms with Crippen LogP contribution in [0, 0.1) is 0 Å². The topological polar surface area (TPSA) is 49.3 Å². The molecule has 19 heavy (non-hydrogen) atoms. The molecule has 2 saturated carbocycles. The van der Waals surface area contributed by atoms with Gasteiger partial charge in [-0.2, -0.15) is 11.8 Å². The van der Waals surface area contributed by atoms with E-state index in [-0.39, 0.29) is 0 Å². The summed E-state index contributed by atoms with van der Waals surface area (Å²) in [6.07, 6.45) is 10.6. The van der Waals surface area contributed by atoms with Crippen molar-refractivity contribution in [3.63, 3.8) is 0 Å². The van der Waals surface area contributed by atoms with Crippen molar-refractivity contribution in [1.82, 2.24) is 5.32 Å². The maximum atomic E-state index is 11.6. The van der Waals surface area contributed by atoms with Crippen LogP contribution in [0.5, 0.6) is 0 Å². The van der Waals surface area contributed by atoms with Crippen LogP contribution in [-0.2, 0) is 4.79 Å². The van der Waals surface area contributed by atoms with Gasteiger partial charge in [0.05, 0.1) is 0 Å². The van der Waals surface area contributed by atoms with Crippen LogP contribution in [0.3, 0.4) is 0 Å². The zero-order chi connectivity index (χ0) is 13.7. The van der Waals surface area contributed by atoms with Crippen molar-refractivity contribution in [2.24, 2.45) is 0 Å². The summed E-state index contributed by atoms with van der Waals surface area (Å²) in [5, 5.41) is 14.1. The van der Waals surface area contributed by atoms with Gasteiger partial charge in [-0.3, -0.25) is 4.79 Å². The number of hydrogen-bond donors (Lipinski definition) is 2. The molecule has 0 saturated heterocycles. The van der Waals surface area contributed by atoms with Crippen molar-refractivity contribution >= 4 is 17.7 Å². The van der Waals surface area contributed by atoms with E-state index in [0.717, 1.165) is 31.1 Å². The number of hydrogen-bond acceptors (Lipinski definition) is 3. The zero-order valence-corrected chi connectivity index (χ0v) is 12.8. The summed E-state index contributed by atoms with van der Waals surface area (Å²) in [6.45, 7) is 2.75. The average Bonchev–Trinajstić information content (AvgIpc) is 2.40. The van der Waals surface area contributed by atoms with Gasteiger partial charge in [-0.1, -0.05) is 26.2 Å². The van der Waals surface area contributed by atoms with E-state index in [1.54, 1.807) is 0 Å². The van der Waals surface area contributed by atoms with E-state index in [0.29, 0.717) is 5.25 Å². The molecule has 0 aromatic rings. The minimum absolute atomic E-state index is 0.534. The van der Waals surface area contributed by atoms with Gasteiger partial charge in [-0.15, -0.1) is 0 Å². The molecule has 0 aromatic heterocycles. The highest BCUT2D eigenvalue weighted by Crippen LogP contribution is 2.40. The van der Waals surface area contributed by atoms with Gasteiger partial charge >= 0.3 is 5.97 Å². The van der Waals surface area contributed by atoms with Gasteiger partial charge in [0.25, 0.3) is 0 Å². The third-order valence-electron chi connectivity index (χ3n) is 4.57. The molecule has 2 N–H and O–H groups in total. The van der Waals surface area contributed by atoms with Gasteiger partial charge in [-0.05, 0) is 45.1 Å². The number of nitrogens with one attached hydrogen (secondary N) is 1. The Hall–Kier alpha value is -0.220. The Balaban J connectivity index is 1.92. The Bertz CT molecular complexity index is 301. The molecule has 2 aliphatic rings. The van der Waals surface area contributed by atoms with Crippen LogP contribution in [-0.4, -0.2) is 33.7 Å². The van der Waals surface area contributed by atoms with Crippen LogP contribution in [0.25, 0.3) is 0 Å². The van der Waals surface area contributed by atoms with Crippen LogP contribution < -0.4 is 5.32 Å². The molecule has 0 aliphatic heterocycles. The quantitative estimate of drug-likeness (QED) is 0.812. The molecule has 110 valence electrons. The summed E-state index contributed by atoms with van der Waals surface area (Å²) >= 11 is 2.08. The van der Waals surface area contributed by atoms with E-state index in [2.05, 4.69) is 17.1 Å². The minimum Gasteiger partial charge on any atom is -0.480 e. The van der Waals surface area contributed by atoms with Crippen molar-refractivity contribution in [1.29, 1.82) is 0 Å². The number of carboxylic acids is 1. The number of carboxylic acid groups (broad SMARTS) is 1. The van der Waals surface area contributed by atoms with Gasteiger partial charge < -0.3 is 10.4 Å². The standard InChI is InChI=1S/C15H27NO2S/c1-2-16-15(14(17)18)10-6-9-13(11-15)19-12-7-4-3-5-8-12/h12-13,16H,2-11H2,1H3,(H,17,18). The summed E-state index contributed by atoms with van der Waals surface area (Å²) in [5.41, 5.74) is -0.653. The SMILES string of the molecule is CCNC1(C(=O)O)CCCC(SC2CCCCC2)C1. The minimum atomic E-state index is -0.653. The van der Waals surface area contributed by atoms with E-state index < -0.39 is 11.5 Å². The third kappa shape index (κ3) is 3.88. The maximum Gasteiger partial charge on any atom is 0.323 e.